The van der Waals surface area contributed by atoms with Gasteiger partial charge >= 0.3 is 5.97 Å². The van der Waals surface area contributed by atoms with Gasteiger partial charge in [0.1, 0.15) is 0 Å². The zero-order valence-electron chi connectivity index (χ0n) is 10.5. The van der Waals surface area contributed by atoms with Gasteiger partial charge in [-0.3, -0.25) is 4.79 Å². The van der Waals surface area contributed by atoms with E-state index in [0.29, 0.717) is 24.6 Å². The van der Waals surface area contributed by atoms with Gasteiger partial charge < -0.3 is 14.7 Å². The molecule has 16 heavy (non-hydrogen) atoms. The van der Waals surface area contributed by atoms with Crippen molar-refractivity contribution in [2.45, 2.75) is 45.3 Å². The predicted octanol–water partition coefficient (Wildman–Crippen LogP) is 1.60. The lowest BCUT2D eigenvalue weighted by Gasteiger charge is -2.36. The van der Waals surface area contributed by atoms with Crippen molar-refractivity contribution in [3.63, 3.8) is 0 Å². The summed E-state index contributed by atoms with van der Waals surface area (Å²) < 4.78 is 5.70. The topological polar surface area (TPSA) is 49.8 Å². The van der Waals surface area contributed by atoms with E-state index in [1.54, 1.807) is 0 Å². The third-order valence-corrected chi connectivity index (χ3v) is 3.33. The van der Waals surface area contributed by atoms with Gasteiger partial charge in [-0.2, -0.15) is 0 Å². The second-order valence-electron chi connectivity index (χ2n) is 4.96. The fraction of sp³-hybridized carbons (Fsp3) is 0.917. The smallest absolute Gasteiger partial charge is 0.304 e. The van der Waals surface area contributed by atoms with Crippen molar-refractivity contribution in [1.29, 1.82) is 0 Å². The Labute approximate surface area is 97.6 Å². The number of nitrogens with zero attached hydrogens (tertiary/aromatic N) is 1. The molecule has 0 bridgehead atoms. The summed E-state index contributed by atoms with van der Waals surface area (Å²) in [7, 11) is 2.01. The molecule has 0 spiro atoms. The van der Waals surface area contributed by atoms with E-state index in [9.17, 15) is 4.79 Å². The highest BCUT2D eigenvalue weighted by molar-refractivity contribution is 5.66. The minimum absolute atomic E-state index is 0.222. The molecule has 0 aromatic carbocycles. The van der Waals surface area contributed by atoms with E-state index in [0.717, 1.165) is 19.4 Å². The number of rotatable bonds is 5. The molecule has 1 fully saturated rings. The van der Waals surface area contributed by atoms with E-state index >= 15 is 0 Å². The van der Waals surface area contributed by atoms with Crippen LogP contribution in [-0.4, -0.2) is 48.3 Å². The predicted molar refractivity (Wildman–Crippen MR) is 62.5 cm³/mol. The van der Waals surface area contributed by atoms with Crippen molar-refractivity contribution in [3.05, 3.63) is 0 Å². The van der Waals surface area contributed by atoms with Crippen LogP contribution in [-0.2, 0) is 9.53 Å². The molecule has 2 atom stereocenters. The average Bonchev–Trinajstić information content (AvgIpc) is 2.26. The first-order chi connectivity index (χ1) is 7.50. The highest BCUT2D eigenvalue weighted by Crippen LogP contribution is 2.23. The van der Waals surface area contributed by atoms with Crippen LogP contribution < -0.4 is 0 Å². The standard InChI is InChI=1S/C12H23NO3/c1-9(2)11-8-10(5-7-16-11)13(3)6-4-12(14)15/h9-11H,4-8H2,1-3H3,(H,14,15). The summed E-state index contributed by atoms with van der Waals surface area (Å²) in [6.45, 7) is 5.77. The number of ether oxygens (including phenoxy) is 1. The van der Waals surface area contributed by atoms with Gasteiger partial charge in [0.15, 0.2) is 0 Å². The molecule has 1 rings (SSSR count). The molecule has 0 aromatic heterocycles. The van der Waals surface area contributed by atoms with Crippen LogP contribution in [0.1, 0.15) is 33.1 Å². The molecule has 4 heteroatoms. The van der Waals surface area contributed by atoms with E-state index in [1.165, 1.54) is 0 Å². The molecular weight excluding hydrogens is 206 g/mol. The first kappa shape index (κ1) is 13.5. The molecule has 0 aromatic rings. The van der Waals surface area contributed by atoms with Crippen LogP contribution in [0.3, 0.4) is 0 Å². The van der Waals surface area contributed by atoms with Gasteiger partial charge in [0.2, 0.25) is 0 Å². The van der Waals surface area contributed by atoms with Crippen molar-refractivity contribution in [3.8, 4) is 0 Å². The molecular formula is C12H23NO3. The zero-order valence-corrected chi connectivity index (χ0v) is 10.5. The minimum Gasteiger partial charge on any atom is -0.481 e. The number of carbonyl (C=O) groups is 1. The molecule has 0 aliphatic carbocycles. The Hall–Kier alpha value is -0.610. The SMILES string of the molecule is CC(C)C1CC(N(C)CCC(=O)O)CCO1. The van der Waals surface area contributed by atoms with Crippen LogP contribution in [0.4, 0.5) is 0 Å². The lowest BCUT2D eigenvalue weighted by molar-refractivity contribution is -0.137. The molecule has 1 aliphatic heterocycles. The van der Waals surface area contributed by atoms with Gasteiger partial charge in [-0.1, -0.05) is 13.8 Å². The third-order valence-electron chi connectivity index (χ3n) is 3.33. The maximum absolute atomic E-state index is 10.5. The second kappa shape index (κ2) is 6.21. The Bertz CT molecular complexity index is 230. The Kier molecular flexibility index (Phi) is 5.22. The zero-order chi connectivity index (χ0) is 12.1. The number of carboxylic acids is 1. The summed E-state index contributed by atoms with van der Waals surface area (Å²) in [5, 5.41) is 8.65. The third kappa shape index (κ3) is 4.10. The van der Waals surface area contributed by atoms with Gasteiger partial charge in [-0.25, -0.2) is 0 Å². The molecule has 1 N–H and O–H groups in total. The van der Waals surface area contributed by atoms with Crippen LogP contribution in [0.5, 0.6) is 0 Å². The summed E-state index contributed by atoms with van der Waals surface area (Å²) in [6, 6.07) is 0.473. The van der Waals surface area contributed by atoms with Crippen LogP contribution >= 0.6 is 0 Å². The molecule has 1 saturated heterocycles. The Balaban J connectivity index is 2.37. The first-order valence-electron chi connectivity index (χ1n) is 6.04. The first-order valence-corrected chi connectivity index (χ1v) is 6.04. The summed E-state index contributed by atoms with van der Waals surface area (Å²) in [6.07, 6.45) is 2.58. The van der Waals surface area contributed by atoms with Crippen LogP contribution in [0, 0.1) is 5.92 Å². The van der Waals surface area contributed by atoms with E-state index in [-0.39, 0.29) is 6.42 Å². The normalized spacial score (nSPS) is 26.3. The average molecular weight is 229 g/mol. The Morgan fingerprint density at radius 1 is 1.56 bits per heavy atom. The lowest BCUT2D eigenvalue weighted by atomic mass is 9.94. The van der Waals surface area contributed by atoms with Crippen LogP contribution in [0.15, 0.2) is 0 Å². The van der Waals surface area contributed by atoms with E-state index in [4.69, 9.17) is 9.84 Å². The molecule has 4 nitrogen and oxygen atoms in total. The Morgan fingerprint density at radius 3 is 2.81 bits per heavy atom. The van der Waals surface area contributed by atoms with Crippen molar-refractivity contribution in [1.82, 2.24) is 4.90 Å². The fourth-order valence-electron chi connectivity index (χ4n) is 2.13. The fourth-order valence-corrected chi connectivity index (χ4v) is 2.13. The maximum Gasteiger partial charge on any atom is 0.304 e. The van der Waals surface area contributed by atoms with Gasteiger partial charge in [0.25, 0.3) is 0 Å². The highest BCUT2D eigenvalue weighted by atomic mass is 16.5. The number of hydrogen-bond acceptors (Lipinski definition) is 3. The second-order valence-corrected chi connectivity index (χ2v) is 4.96. The summed E-state index contributed by atoms with van der Waals surface area (Å²) in [5.74, 6) is -0.185. The van der Waals surface area contributed by atoms with Crippen molar-refractivity contribution >= 4 is 5.97 Å². The molecule has 1 aliphatic rings. The molecule has 0 amide bonds. The molecule has 2 unspecified atom stereocenters. The van der Waals surface area contributed by atoms with Crippen molar-refractivity contribution in [2.75, 3.05) is 20.2 Å². The molecule has 94 valence electrons. The highest BCUT2D eigenvalue weighted by Gasteiger charge is 2.27. The van der Waals surface area contributed by atoms with Crippen molar-refractivity contribution < 1.29 is 14.6 Å². The maximum atomic E-state index is 10.5. The Morgan fingerprint density at radius 2 is 2.25 bits per heavy atom. The molecule has 0 radical (unpaired) electrons. The van der Waals surface area contributed by atoms with Gasteiger partial charge in [-0.15, -0.1) is 0 Å². The molecule has 1 heterocycles. The number of hydrogen-bond donors (Lipinski definition) is 1. The summed E-state index contributed by atoms with van der Waals surface area (Å²) >= 11 is 0. The van der Waals surface area contributed by atoms with Crippen LogP contribution in [0.25, 0.3) is 0 Å². The largest absolute Gasteiger partial charge is 0.481 e. The number of aliphatic carboxylic acids is 1. The van der Waals surface area contributed by atoms with Gasteiger partial charge in [0, 0.05) is 19.2 Å². The minimum atomic E-state index is -0.723. The molecule has 0 saturated carbocycles. The summed E-state index contributed by atoms with van der Waals surface area (Å²) in [4.78, 5) is 12.7. The lowest BCUT2D eigenvalue weighted by Crippen LogP contribution is -2.42. The van der Waals surface area contributed by atoms with Gasteiger partial charge in [0.05, 0.1) is 12.5 Å². The van der Waals surface area contributed by atoms with E-state index in [1.807, 2.05) is 7.05 Å². The van der Waals surface area contributed by atoms with Crippen LogP contribution in [0.2, 0.25) is 0 Å². The quantitative estimate of drug-likeness (QED) is 0.778. The van der Waals surface area contributed by atoms with Crippen molar-refractivity contribution in [2.24, 2.45) is 5.92 Å². The van der Waals surface area contributed by atoms with E-state index < -0.39 is 5.97 Å². The number of carboxylic acid groups (broad SMARTS) is 1. The monoisotopic (exact) mass is 229 g/mol. The van der Waals surface area contributed by atoms with E-state index in [2.05, 4.69) is 18.7 Å². The van der Waals surface area contributed by atoms with Gasteiger partial charge in [-0.05, 0) is 25.8 Å². The summed E-state index contributed by atoms with van der Waals surface area (Å²) in [5.41, 5.74) is 0.